The largest absolute Gasteiger partial charge is 0.492 e. The van der Waals surface area contributed by atoms with Crippen molar-refractivity contribution in [1.29, 1.82) is 0 Å². The fourth-order valence-corrected chi connectivity index (χ4v) is 2.62. The van der Waals surface area contributed by atoms with Crippen LogP contribution in [0.4, 0.5) is 17.1 Å². The summed E-state index contributed by atoms with van der Waals surface area (Å²) in [6.07, 6.45) is 0. The van der Waals surface area contributed by atoms with Crippen LogP contribution in [0.5, 0.6) is 11.5 Å². The van der Waals surface area contributed by atoms with Crippen LogP contribution in [-0.2, 0) is 4.79 Å². The highest BCUT2D eigenvalue weighted by atomic mass is 16.5. The summed E-state index contributed by atoms with van der Waals surface area (Å²) in [7, 11) is 0. The molecule has 3 rings (SSSR count). The van der Waals surface area contributed by atoms with Gasteiger partial charge in [0, 0.05) is 11.4 Å². The molecule has 0 fully saturated rings. The lowest BCUT2D eigenvalue weighted by molar-refractivity contribution is -0.118. The van der Waals surface area contributed by atoms with Gasteiger partial charge < -0.3 is 20.1 Å². The molecule has 0 aliphatic heterocycles. The van der Waals surface area contributed by atoms with Crippen LogP contribution in [0.2, 0.25) is 0 Å². The number of rotatable bonds is 8. The van der Waals surface area contributed by atoms with Crippen LogP contribution >= 0.6 is 0 Å². The molecule has 0 radical (unpaired) electrons. The Labute approximate surface area is 165 Å². The van der Waals surface area contributed by atoms with Crippen molar-refractivity contribution < 1.29 is 14.3 Å². The number of hydrogen-bond acceptors (Lipinski definition) is 4. The zero-order chi connectivity index (χ0) is 19.8. The van der Waals surface area contributed by atoms with Crippen molar-refractivity contribution in [2.75, 3.05) is 23.8 Å². The molecule has 28 heavy (non-hydrogen) atoms. The first-order valence-electron chi connectivity index (χ1n) is 9.22. The molecule has 0 spiro atoms. The Morgan fingerprint density at radius 3 is 2.25 bits per heavy atom. The molecule has 0 aliphatic rings. The second kappa shape index (κ2) is 9.46. The van der Waals surface area contributed by atoms with Crippen molar-refractivity contribution in [1.82, 2.24) is 0 Å². The summed E-state index contributed by atoms with van der Waals surface area (Å²) >= 11 is 0. The molecule has 5 heteroatoms. The van der Waals surface area contributed by atoms with Crippen molar-refractivity contribution in [2.24, 2.45) is 0 Å². The fraction of sp³-hybridized carbons (Fsp3) is 0.174. The number of anilines is 3. The van der Waals surface area contributed by atoms with E-state index >= 15 is 0 Å². The second-order valence-corrected chi connectivity index (χ2v) is 6.28. The van der Waals surface area contributed by atoms with Crippen LogP contribution in [0.3, 0.4) is 0 Å². The van der Waals surface area contributed by atoms with Crippen LogP contribution in [-0.4, -0.2) is 19.1 Å². The predicted molar refractivity (Wildman–Crippen MR) is 113 cm³/mol. The van der Waals surface area contributed by atoms with Crippen LogP contribution < -0.4 is 20.1 Å². The van der Waals surface area contributed by atoms with Gasteiger partial charge in [0.2, 0.25) is 0 Å². The number of carbonyl (C=O) groups is 1. The van der Waals surface area contributed by atoms with Gasteiger partial charge in [-0.1, -0.05) is 29.8 Å². The van der Waals surface area contributed by atoms with E-state index in [9.17, 15) is 4.79 Å². The van der Waals surface area contributed by atoms with Gasteiger partial charge in [0.05, 0.1) is 12.3 Å². The molecule has 0 aliphatic carbocycles. The molecule has 0 bridgehead atoms. The maximum absolute atomic E-state index is 12.1. The van der Waals surface area contributed by atoms with Gasteiger partial charge >= 0.3 is 0 Å². The monoisotopic (exact) mass is 376 g/mol. The molecule has 0 unspecified atom stereocenters. The van der Waals surface area contributed by atoms with E-state index in [-0.39, 0.29) is 12.5 Å². The summed E-state index contributed by atoms with van der Waals surface area (Å²) < 4.78 is 11.1. The molecular weight excluding hydrogens is 352 g/mol. The first kappa shape index (κ1) is 19.3. The third-order valence-corrected chi connectivity index (χ3v) is 4.03. The van der Waals surface area contributed by atoms with Gasteiger partial charge in [-0.2, -0.15) is 0 Å². The average molecular weight is 376 g/mol. The molecule has 144 valence electrons. The summed E-state index contributed by atoms with van der Waals surface area (Å²) in [6.45, 7) is 4.53. The van der Waals surface area contributed by atoms with Gasteiger partial charge in [-0.15, -0.1) is 0 Å². The SMILES string of the molecule is CCOc1ccccc1Nc1ccc(NC(=O)COc2ccc(C)cc2)cc1. The lowest BCUT2D eigenvalue weighted by Gasteiger charge is -2.13. The van der Waals surface area contributed by atoms with E-state index in [0.29, 0.717) is 18.0 Å². The predicted octanol–water partition coefficient (Wildman–Crippen LogP) is 5.15. The number of amides is 1. The van der Waals surface area contributed by atoms with Gasteiger partial charge in [-0.05, 0) is 62.4 Å². The molecule has 0 aromatic heterocycles. The Kier molecular flexibility index (Phi) is 6.52. The van der Waals surface area contributed by atoms with Crippen LogP contribution in [0.25, 0.3) is 0 Å². The lowest BCUT2D eigenvalue weighted by atomic mass is 10.2. The summed E-state index contributed by atoms with van der Waals surface area (Å²) in [4.78, 5) is 12.1. The normalized spacial score (nSPS) is 10.2. The van der Waals surface area contributed by atoms with Gasteiger partial charge in [-0.3, -0.25) is 4.79 Å². The van der Waals surface area contributed by atoms with E-state index in [0.717, 1.165) is 22.7 Å². The Hall–Kier alpha value is -3.47. The molecule has 1 amide bonds. The van der Waals surface area contributed by atoms with Crippen molar-refractivity contribution >= 4 is 23.0 Å². The Bertz CT molecular complexity index is 906. The van der Waals surface area contributed by atoms with Gasteiger partial charge in [0.1, 0.15) is 11.5 Å². The number of ether oxygens (including phenoxy) is 2. The molecule has 0 atom stereocenters. The van der Waals surface area contributed by atoms with E-state index < -0.39 is 0 Å². The molecular formula is C23H24N2O3. The number of nitrogens with one attached hydrogen (secondary N) is 2. The average Bonchev–Trinajstić information content (AvgIpc) is 2.71. The minimum absolute atomic E-state index is 0.0369. The summed E-state index contributed by atoms with van der Waals surface area (Å²) in [5.74, 6) is 1.27. The van der Waals surface area contributed by atoms with E-state index in [2.05, 4.69) is 10.6 Å². The minimum Gasteiger partial charge on any atom is -0.492 e. The zero-order valence-electron chi connectivity index (χ0n) is 16.1. The van der Waals surface area contributed by atoms with Crippen LogP contribution in [0, 0.1) is 6.92 Å². The molecule has 5 nitrogen and oxygen atoms in total. The first-order chi connectivity index (χ1) is 13.6. The van der Waals surface area contributed by atoms with E-state index in [1.54, 1.807) is 0 Å². The van der Waals surface area contributed by atoms with Crippen LogP contribution in [0.15, 0.2) is 72.8 Å². The maximum atomic E-state index is 12.1. The number of para-hydroxylation sites is 2. The third kappa shape index (κ3) is 5.51. The number of benzene rings is 3. The van der Waals surface area contributed by atoms with E-state index in [1.807, 2.05) is 86.6 Å². The zero-order valence-corrected chi connectivity index (χ0v) is 16.1. The number of aryl methyl sites for hydroxylation is 1. The summed E-state index contributed by atoms with van der Waals surface area (Å²) in [5, 5.41) is 6.16. The van der Waals surface area contributed by atoms with Crippen molar-refractivity contribution in [3.63, 3.8) is 0 Å². The van der Waals surface area contributed by atoms with Gasteiger partial charge in [0.25, 0.3) is 5.91 Å². The lowest BCUT2D eigenvalue weighted by Crippen LogP contribution is -2.20. The van der Waals surface area contributed by atoms with Gasteiger partial charge in [-0.25, -0.2) is 0 Å². The topological polar surface area (TPSA) is 59.6 Å². The summed E-state index contributed by atoms with van der Waals surface area (Å²) in [6, 6.07) is 22.9. The molecule has 0 heterocycles. The first-order valence-corrected chi connectivity index (χ1v) is 9.22. The second-order valence-electron chi connectivity index (χ2n) is 6.28. The Morgan fingerprint density at radius 1 is 0.857 bits per heavy atom. The Morgan fingerprint density at radius 2 is 1.54 bits per heavy atom. The van der Waals surface area contributed by atoms with E-state index in [4.69, 9.17) is 9.47 Å². The quantitative estimate of drug-likeness (QED) is 0.570. The number of carbonyl (C=O) groups excluding carboxylic acids is 1. The highest BCUT2D eigenvalue weighted by Gasteiger charge is 2.06. The Balaban J connectivity index is 1.54. The highest BCUT2D eigenvalue weighted by molar-refractivity contribution is 5.92. The molecule has 0 saturated heterocycles. The van der Waals surface area contributed by atoms with Crippen molar-refractivity contribution in [3.8, 4) is 11.5 Å². The van der Waals surface area contributed by atoms with Gasteiger partial charge in [0.15, 0.2) is 6.61 Å². The van der Waals surface area contributed by atoms with Crippen molar-refractivity contribution in [3.05, 3.63) is 78.4 Å². The third-order valence-electron chi connectivity index (χ3n) is 4.03. The number of hydrogen-bond donors (Lipinski definition) is 2. The smallest absolute Gasteiger partial charge is 0.262 e. The van der Waals surface area contributed by atoms with Crippen LogP contribution in [0.1, 0.15) is 12.5 Å². The minimum atomic E-state index is -0.206. The van der Waals surface area contributed by atoms with E-state index in [1.165, 1.54) is 0 Å². The fourth-order valence-electron chi connectivity index (χ4n) is 2.62. The maximum Gasteiger partial charge on any atom is 0.262 e. The molecule has 3 aromatic carbocycles. The standard InChI is InChI=1S/C23H24N2O3/c1-3-27-22-7-5-4-6-21(22)24-18-10-12-19(13-11-18)25-23(26)16-28-20-14-8-17(2)9-15-20/h4-15,24H,3,16H2,1-2H3,(H,25,26). The molecule has 0 saturated carbocycles. The molecule has 3 aromatic rings. The summed E-state index contributed by atoms with van der Waals surface area (Å²) in [5.41, 5.74) is 3.66. The highest BCUT2D eigenvalue weighted by Crippen LogP contribution is 2.27. The molecule has 2 N–H and O–H groups in total. The van der Waals surface area contributed by atoms with Crippen molar-refractivity contribution in [2.45, 2.75) is 13.8 Å².